The summed E-state index contributed by atoms with van der Waals surface area (Å²) in [6.07, 6.45) is -4.06. The van der Waals surface area contributed by atoms with E-state index in [0.717, 1.165) is 13.0 Å². The number of halogens is 4. The van der Waals surface area contributed by atoms with Crippen LogP contribution in [0.15, 0.2) is 24.3 Å². The molecule has 1 saturated heterocycles. The van der Waals surface area contributed by atoms with E-state index in [1.807, 2.05) is 17.0 Å². The number of benzene rings is 1. The molecule has 0 bridgehead atoms. The molecule has 2 atom stereocenters. The van der Waals surface area contributed by atoms with E-state index in [2.05, 4.69) is 25.9 Å². The van der Waals surface area contributed by atoms with Crippen molar-refractivity contribution in [2.45, 2.75) is 25.6 Å². The minimum Gasteiger partial charge on any atom is -0.475 e. The topological polar surface area (TPSA) is 70.1 Å². The number of carbonyl (C=O) groups is 2. The summed E-state index contributed by atoms with van der Waals surface area (Å²) in [5.74, 6) is -2.36. The molecule has 1 aliphatic rings. The Labute approximate surface area is 173 Å². The first kappa shape index (κ1) is 25.2. The van der Waals surface area contributed by atoms with Crippen molar-refractivity contribution < 1.29 is 32.6 Å². The van der Waals surface area contributed by atoms with Gasteiger partial charge in [-0.1, -0.05) is 17.7 Å². The molecule has 2 rings (SSSR count). The van der Waals surface area contributed by atoms with Gasteiger partial charge in [0.25, 0.3) is 5.91 Å². The Hall–Kier alpha value is -1.84. The average molecular weight is 439 g/mol. The fourth-order valence-electron chi connectivity index (χ4n) is 2.82. The number of carboxylic acid groups (broad SMARTS) is 1. The number of rotatable bonds is 4. The third kappa shape index (κ3) is 8.59. The van der Waals surface area contributed by atoms with Gasteiger partial charge in [-0.05, 0) is 52.2 Å². The number of nitrogens with zero attached hydrogens (tertiary/aromatic N) is 2. The smallest absolute Gasteiger partial charge is 0.475 e. The SMILES string of the molecule is C[C@H]1[C@H](CCN(C)C)COCCN1C(=O)c1cccc(Cl)c1.O=C(O)C(F)(F)F. The normalized spacial score (nSPS) is 19.9. The monoisotopic (exact) mass is 438 g/mol. The maximum Gasteiger partial charge on any atom is 0.490 e. The molecule has 164 valence electrons. The molecule has 1 aliphatic heterocycles. The van der Waals surface area contributed by atoms with Gasteiger partial charge in [0.15, 0.2) is 0 Å². The maximum absolute atomic E-state index is 12.8. The van der Waals surface area contributed by atoms with Crippen LogP contribution in [0.2, 0.25) is 5.02 Å². The van der Waals surface area contributed by atoms with Crippen LogP contribution in [0.25, 0.3) is 0 Å². The van der Waals surface area contributed by atoms with E-state index in [0.29, 0.717) is 36.3 Å². The highest BCUT2D eigenvalue weighted by molar-refractivity contribution is 6.30. The lowest BCUT2D eigenvalue weighted by Gasteiger charge is -2.32. The molecule has 1 heterocycles. The molecule has 1 aromatic rings. The minimum absolute atomic E-state index is 0.0374. The van der Waals surface area contributed by atoms with Gasteiger partial charge in [-0.3, -0.25) is 4.79 Å². The van der Waals surface area contributed by atoms with Crippen LogP contribution < -0.4 is 0 Å². The lowest BCUT2D eigenvalue weighted by atomic mass is 9.96. The van der Waals surface area contributed by atoms with Crippen molar-refractivity contribution in [2.24, 2.45) is 5.92 Å². The van der Waals surface area contributed by atoms with Gasteiger partial charge in [-0.2, -0.15) is 13.2 Å². The van der Waals surface area contributed by atoms with Crippen LogP contribution in [0, 0.1) is 5.92 Å². The van der Waals surface area contributed by atoms with Crippen LogP contribution in [-0.4, -0.2) is 79.4 Å². The van der Waals surface area contributed by atoms with Gasteiger partial charge in [0.2, 0.25) is 0 Å². The first-order valence-corrected chi connectivity index (χ1v) is 9.40. The van der Waals surface area contributed by atoms with E-state index in [-0.39, 0.29) is 11.9 Å². The number of aliphatic carboxylic acids is 1. The molecule has 1 fully saturated rings. The molecule has 0 saturated carbocycles. The summed E-state index contributed by atoms with van der Waals surface area (Å²) in [6, 6.07) is 7.32. The molecular weight excluding hydrogens is 413 g/mol. The Balaban J connectivity index is 0.000000516. The number of alkyl halides is 3. The molecule has 29 heavy (non-hydrogen) atoms. The van der Waals surface area contributed by atoms with Crippen LogP contribution in [0.3, 0.4) is 0 Å². The zero-order chi connectivity index (χ0) is 22.2. The second kappa shape index (κ2) is 11.4. The number of carboxylic acids is 1. The van der Waals surface area contributed by atoms with Gasteiger partial charge in [-0.25, -0.2) is 4.79 Å². The predicted octanol–water partition coefficient (Wildman–Crippen LogP) is 3.40. The summed E-state index contributed by atoms with van der Waals surface area (Å²) in [7, 11) is 4.13. The predicted molar refractivity (Wildman–Crippen MR) is 103 cm³/mol. The molecule has 1 amide bonds. The number of hydrogen-bond acceptors (Lipinski definition) is 4. The second-order valence-electron chi connectivity index (χ2n) is 6.98. The molecule has 0 spiro atoms. The number of ether oxygens (including phenoxy) is 1. The van der Waals surface area contributed by atoms with Gasteiger partial charge in [0, 0.05) is 29.1 Å². The largest absolute Gasteiger partial charge is 0.490 e. The number of hydrogen-bond donors (Lipinski definition) is 1. The molecule has 0 radical (unpaired) electrons. The van der Waals surface area contributed by atoms with Crippen LogP contribution in [0.1, 0.15) is 23.7 Å². The van der Waals surface area contributed by atoms with E-state index < -0.39 is 12.1 Å². The Morgan fingerprint density at radius 1 is 1.34 bits per heavy atom. The molecule has 0 aromatic heterocycles. The second-order valence-corrected chi connectivity index (χ2v) is 7.42. The maximum atomic E-state index is 12.8. The van der Waals surface area contributed by atoms with E-state index in [1.165, 1.54) is 0 Å². The van der Waals surface area contributed by atoms with Crippen molar-refractivity contribution in [2.75, 3.05) is 40.4 Å². The zero-order valence-corrected chi connectivity index (χ0v) is 17.3. The fourth-order valence-corrected chi connectivity index (χ4v) is 3.01. The molecule has 10 heteroatoms. The van der Waals surface area contributed by atoms with Gasteiger partial charge in [0.05, 0.1) is 13.2 Å². The molecule has 1 aromatic carbocycles. The first-order chi connectivity index (χ1) is 13.4. The average Bonchev–Trinajstić information content (AvgIpc) is 2.80. The van der Waals surface area contributed by atoms with E-state index >= 15 is 0 Å². The molecule has 0 unspecified atom stereocenters. The number of carbonyl (C=O) groups excluding carboxylic acids is 1. The highest BCUT2D eigenvalue weighted by Gasteiger charge is 2.38. The highest BCUT2D eigenvalue weighted by Crippen LogP contribution is 2.22. The Morgan fingerprint density at radius 3 is 2.48 bits per heavy atom. The Kier molecular flexibility index (Phi) is 9.88. The summed E-state index contributed by atoms with van der Waals surface area (Å²) >= 11 is 6.01. The summed E-state index contributed by atoms with van der Waals surface area (Å²) in [6.45, 7) is 5.06. The quantitative estimate of drug-likeness (QED) is 0.780. The Bertz CT molecular complexity index is 686. The van der Waals surface area contributed by atoms with Crippen LogP contribution in [-0.2, 0) is 9.53 Å². The van der Waals surface area contributed by atoms with Crippen molar-refractivity contribution in [3.8, 4) is 0 Å². The summed E-state index contributed by atoms with van der Waals surface area (Å²) in [5.41, 5.74) is 0.646. The van der Waals surface area contributed by atoms with Gasteiger partial charge >= 0.3 is 12.1 Å². The van der Waals surface area contributed by atoms with Gasteiger partial charge in [-0.15, -0.1) is 0 Å². The molecule has 1 N–H and O–H groups in total. The van der Waals surface area contributed by atoms with E-state index in [1.54, 1.807) is 12.1 Å². The molecular formula is C19H26ClF3N2O4. The molecule has 6 nitrogen and oxygen atoms in total. The van der Waals surface area contributed by atoms with Crippen LogP contribution >= 0.6 is 11.6 Å². The van der Waals surface area contributed by atoms with E-state index in [4.69, 9.17) is 26.2 Å². The minimum atomic E-state index is -5.08. The van der Waals surface area contributed by atoms with E-state index in [9.17, 15) is 18.0 Å². The van der Waals surface area contributed by atoms with Crippen LogP contribution in [0.4, 0.5) is 13.2 Å². The third-order valence-corrected chi connectivity index (χ3v) is 4.74. The molecule has 0 aliphatic carbocycles. The summed E-state index contributed by atoms with van der Waals surface area (Å²) < 4.78 is 37.4. The standard InChI is InChI=1S/C17H25ClN2O2.C2HF3O2/c1-13-15(7-8-19(2)3)12-22-10-9-20(13)17(21)14-5-4-6-16(18)11-14;3-2(4,5)1(6)7/h4-6,11,13,15H,7-10,12H2,1-3H3;(H,6,7)/t13-,15+;/m0./s1. The van der Waals surface area contributed by atoms with Gasteiger partial charge < -0.3 is 19.6 Å². The van der Waals surface area contributed by atoms with Gasteiger partial charge in [0.1, 0.15) is 0 Å². The summed E-state index contributed by atoms with van der Waals surface area (Å²) in [4.78, 5) is 25.8. The zero-order valence-electron chi connectivity index (χ0n) is 16.6. The van der Waals surface area contributed by atoms with Crippen molar-refractivity contribution in [1.82, 2.24) is 9.80 Å². The number of amides is 1. The Morgan fingerprint density at radius 2 is 1.97 bits per heavy atom. The van der Waals surface area contributed by atoms with Crippen molar-refractivity contribution in [3.05, 3.63) is 34.9 Å². The third-order valence-electron chi connectivity index (χ3n) is 4.50. The fraction of sp³-hybridized carbons (Fsp3) is 0.579. The van der Waals surface area contributed by atoms with Crippen molar-refractivity contribution in [3.63, 3.8) is 0 Å². The van der Waals surface area contributed by atoms with Crippen LogP contribution in [0.5, 0.6) is 0 Å². The van der Waals surface area contributed by atoms with Crippen molar-refractivity contribution >= 4 is 23.5 Å². The summed E-state index contributed by atoms with van der Waals surface area (Å²) in [5, 5.41) is 7.72. The van der Waals surface area contributed by atoms with Crippen molar-refractivity contribution in [1.29, 1.82) is 0 Å². The lowest BCUT2D eigenvalue weighted by molar-refractivity contribution is -0.192. The highest BCUT2D eigenvalue weighted by atomic mass is 35.5. The lowest BCUT2D eigenvalue weighted by Crippen LogP contribution is -2.43. The first-order valence-electron chi connectivity index (χ1n) is 9.02.